The third-order valence-corrected chi connectivity index (χ3v) is 6.57. The zero-order valence-electron chi connectivity index (χ0n) is 13.0. The van der Waals surface area contributed by atoms with E-state index in [0.29, 0.717) is 38.6 Å². The van der Waals surface area contributed by atoms with Gasteiger partial charge < -0.3 is 10.0 Å². The molecule has 0 aromatic rings. The number of nitrogens with zero attached hydrogens (tertiary/aromatic N) is 1. The van der Waals surface area contributed by atoms with E-state index in [-0.39, 0.29) is 35.3 Å². The molecule has 1 amide bonds. The minimum Gasteiger partial charge on any atom is -0.481 e. The lowest BCUT2D eigenvalue weighted by atomic mass is 9.81. The van der Waals surface area contributed by atoms with Gasteiger partial charge in [0, 0.05) is 18.5 Å². The molecule has 1 saturated carbocycles. The minimum atomic E-state index is -3.01. The highest BCUT2D eigenvalue weighted by Crippen LogP contribution is 2.31. The second kappa shape index (κ2) is 6.98. The van der Waals surface area contributed by atoms with E-state index in [4.69, 9.17) is 5.11 Å². The molecule has 1 heterocycles. The van der Waals surface area contributed by atoms with Crippen molar-refractivity contribution in [3.63, 3.8) is 0 Å². The average Bonchev–Trinajstić information content (AvgIpc) is 2.84. The molecule has 0 bridgehead atoms. The van der Waals surface area contributed by atoms with Gasteiger partial charge in [0.15, 0.2) is 9.84 Å². The largest absolute Gasteiger partial charge is 0.481 e. The topological polar surface area (TPSA) is 91.8 Å². The highest BCUT2D eigenvalue weighted by molar-refractivity contribution is 7.91. The van der Waals surface area contributed by atoms with Crippen LogP contribution in [0, 0.1) is 11.8 Å². The summed E-state index contributed by atoms with van der Waals surface area (Å²) >= 11 is 0. The maximum absolute atomic E-state index is 12.7. The highest BCUT2D eigenvalue weighted by Gasteiger charge is 2.38. The van der Waals surface area contributed by atoms with E-state index < -0.39 is 15.8 Å². The van der Waals surface area contributed by atoms with Crippen molar-refractivity contribution in [2.45, 2.75) is 51.5 Å². The van der Waals surface area contributed by atoms with E-state index in [1.165, 1.54) is 0 Å². The Morgan fingerprint density at radius 1 is 1.09 bits per heavy atom. The van der Waals surface area contributed by atoms with Gasteiger partial charge in [-0.25, -0.2) is 8.42 Å². The molecule has 2 fully saturated rings. The van der Waals surface area contributed by atoms with E-state index >= 15 is 0 Å². The van der Waals surface area contributed by atoms with E-state index in [1.807, 2.05) is 6.92 Å². The Bertz CT molecular complexity index is 522. The molecule has 1 atom stereocenters. The zero-order valence-corrected chi connectivity index (χ0v) is 13.8. The first-order valence-electron chi connectivity index (χ1n) is 8.07. The lowest BCUT2D eigenvalue weighted by Crippen LogP contribution is -2.45. The molecule has 126 valence electrons. The van der Waals surface area contributed by atoms with Crippen LogP contribution in [0.15, 0.2) is 0 Å². The third-order valence-electron chi connectivity index (χ3n) is 4.82. The first kappa shape index (κ1) is 17.2. The predicted molar refractivity (Wildman–Crippen MR) is 82.1 cm³/mol. The molecule has 1 saturated heterocycles. The summed E-state index contributed by atoms with van der Waals surface area (Å²) in [5.41, 5.74) is 0. The second-order valence-corrected chi connectivity index (χ2v) is 8.70. The first-order chi connectivity index (χ1) is 10.3. The Kier molecular flexibility index (Phi) is 5.47. The van der Waals surface area contributed by atoms with Crippen LogP contribution >= 0.6 is 0 Å². The summed E-state index contributed by atoms with van der Waals surface area (Å²) in [6.45, 7) is 2.56. The van der Waals surface area contributed by atoms with Crippen molar-refractivity contribution in [2.75, 3.05) is 18.1 Å². The van der Waals surface area contributed by atoms with Gasteiger partial charge in [-0.1, -0.05) is 6.92 Å². The van der Waals surface area contributed by atoms with E-state index in [9.17, 15) is 18.0 Å². The molecule has 0 aromatic carbocycles. The Morgan fingerprint density at radius 2 is 1.68 bits per heavy atom. The van der Waals surface area contributed by atoms with E-state index in [0.717, 1.165) is 6.42 Å². The summed E-state index contributed by atoms with van der Waals surface area (Å²) in [4.78, 5) is 25.5. The van der Waals surface area contributed by atoms with Crippen LogP contribution in [0.3, 0.4) is 0 Å². The van der Waals surface area contributed by atoms with Crippen molar-refractivity contribution < 1.29 is 23.1 Å². The number of hydrogen-bond acceptors (Lipinski definition) is 4. The molecule has 1 aliphatic heterocycles. The molecule has 1 N–H and O–H groups in total. The standard InChI is InChI=1S/C15H25NO5S/c1-2-8-16(13-7-9-22(20,21)10-13)14(17)11-3-5-12(6-4-11)15(18)19/h11-13H,2-10H2,1H3,(H,18,19). The smallest absolute Gasteiger partial charge is 0.306 e. The lowest BCUT2D eigenvalue weighted by Gasteiger charge is -2.34. The van der Waals surface area contributed by atoms with Crippen molar-refractivity contribution in [1.29, 1.82) is 0 Å². The number of amides is 1. The van der Waals surface area contributed by atoms with Crippen molar-refractivity contribution in [2.24, 2.45) is 11.8 Å². The molecule has 0 aromatic heterocycles. The number of hydrogen-bond donors (Lipinski definition) is 1. The van der Waals surface area contributed by atoms with Crippen LogP contribution in [0.25, 0.3) is 0 Å². The third kappa shape index (κ3) is 4.00. The highest BCUT2D eigenvalue weighted by atomic mass is 32.2. The Balaban J connectivity index is 2.00. The summed E-state index contributed by atoms with van der Waals surface area (Å²) in [6.07, 6.45) is 3.58. The number of carboxylic acid groups (broad SMARTS) is 1. The Morgan fingerprint density at radius 3 is 2.14 bits per heavy atom. The Hall–Kier alpha value is -1.11. The number of aliphatic carboxylic acids is 1. The molecule has 22 heavy (non-hydrogen) atoms. The molecule has 1 aliphatic carbocycles. The maximum atomic E-state index is 12.7. The van der Waals surface area contributed by atoms with E-state index in [1.54, 1.807) is 4.90 Å². The first-order valence-corrected chi connectivity index (χ1v) is 9.90. The normalized spacial score (nSPS) is 30.9. The Labute approximate surface area is 131 Å². The summed E-state index contributed by atoms with van der Waals surface area (Å²) in [5, 5.41) is 9.02. The van der Waals surface area contributed by atoms with Gasteiger partial charge in [0.25, 0.3) is 0 Å². The van der Waals surface area contributed by atoms with Gasteiger partial charge in [0.2, 0.25) is 5.91 Å². The number of carbonyl (C=O) groups excluding carboxylic acids is 1. The van der Waals surface area contributed by atoms with Crippen LogP contribution in [0.5, 0.6) is 0 Å². The van der Waals surface area contributed by atoms with Crippen LogP contribution in [0.2, 0.25) is 0 Å². The van der Waals surface area contributed by atoms with Crippen LogP contribution in [-0.4, -0.2) is 54.4 Å². The minimum absolute atomic E-state index is 0.0211. The second-order valence-electron chi connectivity index (χ2n) is 6.48. The summed E-state index contributed by atoms with van der Waals surface area (Å²) < 4.78 is 23.3. The maximum Gasteiger partial charge on any atom is 0.306 e. The van der Waals surface area contributed by atoms with Gasteiger partial charge in [-0.3, -0.25) is 9.59 Å². The average molecular weight is 331 g/mol. The van der Waals surface area contributed by atoms with Gasteiger partial charge in [0.05, 0.1) is 17.4 Å². The number of carbonyl (C=O) groups is 2. The molecular formula is C15H25NO5S. The fourth-order valence-electron chi connectivity index (χ4n) is 3.56. The van der Waals surface area contributed by atoms with Crippen LogP contribution in [-0.2, 0) is 19.4 Å². The van der Waals surface area contributed by atoms with Gasteiger partial charge >= 0.3 is 5.97 Å². The molecule has 7 heteroatoms. The molecule has 1 unspecified atom stereocenters. The monoisotopic (exact) mass is 331 g/mol. The van der Waals surface area contributed by atoms with Crippen molar-refractivity contribution >= 4 is 21.7 Å². The van der Waals surface area contributed by atoms with Crippen molar-refractivity contribution in [3.8, 4) is 0 Å². The molecule has 0 radical (unpaired) electrons. The number of carboxylic acids is 1. The summed E-state index contributed by atoms with van der Waals surface area (Å²) in [6, 6.07) is -0.199. The molecule has 0 spiro atoms. The van der Waals surface area contributed by atoms with Crippen molar-refractivity contribution in [3.05, 3.63) is 0 Å². The fourth-order valence-corrected chi connectivity index (χ4v) is 5.29. The predicted octanol–water partition coefficient (Wildman–Crippen LogP) is 1.30. The fraction of sp³-hybridized carbons (Fsp3) is 0.867. The van der Waals surface area contributed by atoms with Gasteiger partial charge in [-0.2, -0.15) is 0 Å². The quantitative estimate of drug-likeness (QED) is 0.820. The molecule has 2 rings (SSSR count). The lowest BCUT2D eigenvalue weighted by molar-refractivity contribution is -0.146. The number of rotatable bonds is 5. The molecule has 2 aliphatic rings. The van der Waals surface area contributed by atoms with Crippen molar-refractivity contribution in [1.82, 2.24) is 4.90 Å². The van der Waals surface area contributed by atoms with Gasteiger partial charge in [-0.15, -0.1) is 0 Å². The van der Waals surface area contributed by atoms with Crippen LogP contribution in [0.4, 0.5) is 0 Å². The molecule has 6 nitrogen and oxygen atoms in total. The zero-order chi connectivity index (χ0) is 16.3. The number of sulfone groups is 1. The van der Waals surface area contributed by atoms with Crippen LogP contribution < -0.4 is 0 Å². The van der Waals surface area contributed by atoms with Gasteiger partial charge in [-0.05, 0) is 38.5 Å². The van der Waals surface area contributed by atoms with Crippen LogP contribution in [0.1, 0.15) is 45.4 Å². The summed E-state index contributed by atoms with van der Waals surface area (Å²) in [5.74, 6) is -1.01. The summed E-state index contributed by atoms with van der Waals surface area (Å²) in [7, 11) is -3.01. The SMILES string of the molecule is CCCN(C(=O)C1CCC(C(=O)O)CC1)C1CCS(=O)(=O)C1. The van der Waals surface area contributed by atoms with Gasteiger partial charge in [0.1, 0.15) is 0 Å². The molecular weight excluding hydrogens is 306 g/mol. The van der Waals surface area contributed by atoms with E-state index in [2.05, 4.69) is 0 Å².